The zero-order valence-corrected chi connectivity index (χ0v) is 17.1. The van der Waals surface area contributed by atoms with Crippen molar-refractivity contribution < 1.29 is 19.1 Å². The van der Waals surface area contributed by atoms with E-state index in [-0.39, 0.29) is 11.8 Å². The number of anilines is 2. The van der Waals surface area contributed by atoms with E-state index in [9.17, 15) is 9.59 Å². The molecule has 0 aliphatic carbocycles. The van der Waals surface area contributed by atoms with E-state index in [1.54, 1.807) is 56.7 Å². The second-order valence-corrected chi connectivity index (χ2v) is 7.54. The lowest BCUT2D eigenvalue weighted by molar-refractivity contribution is -0.114. The van der Waals surface area contributed by atoms with Crippen molar-refractivity contribution in [2.24, 2.45) is 0 Å². The first-order valence-corrected chi connectivity index (χ1v) is 9.53. The normalized spacial score (nSPS) is 15.1. The summed E-state index contributed by atoms with van der Waals surface area (Å²) in [6, 6.07) is 12.4. The number of rotatable bonds is 5. The molecule has 3 rings (SSSR count). The third-order valence-electron chi connectivity index (χ3n) is 3.94. The lowest BCUT2D eigenvalue weighted by Gasteiger charge is -2.15. The monoisotopic (exact) mass is 414 g/mol. The standard InChI is InChI=1S/C20H18N2O4S2/c1-12(23)21-14-5-7-15(8-6-14)22-19(24)18(28-20(22)27)11-13-4-9-16(25-2)17(10-13)26-3/h4-11H,1-3H3,(H,21,23)/b18-11-. The Morgan fingerprint density at radius 3 is 2.39 bits per heavy atom. The molecule has 2 aromatic rings. The first-order chi connectivity index (χ1) is 13.4. The summed E-state index contributed by atoms with van der Waals surface area (Å²) in [7, 11) is 3.13. The van der Waals surface area contributed by atoms with Crippen molar-refractivity contribution in [1.29, 1.82) is 0 Å². The van der Waals surface area contributed by atoms with Crippen LogP contribution in [0.3, 0.4) is 0 Å². The molecule has 0 unspecified atom stereocenters. The predicted octanol–water partition coefficient (Wildman–Crippen LogP) is 4.07. The molecule has 2 amide bonds. The lowest BCUT2D eigenvalue weighted by Crippen LogP contribution is -2.27. The van der Waals surface area contributed by atoms with Crippen molar-refractivity contribution in [2.45, 2.75) is 6.92 Å². The highest BCUT2D eigenvalue weighted by atomic mass is 32.2. The largest absolute Gasteiger partial charge is 0.493 e. The van der Waals surface area contributed by atoms with Crippen LogP contribution in [0.5, 0.6) is 11.5 Å². The predicted molar refractivity (Wildman–Crippen MR) is 116 cm³/mol. The Balaban J connectivity index is 1.85. The molecular formula is C20H18N2O4S2. The van der Waals surface area contributed by atoms with Crippen LogP contribution in [0.25, 0.3) is 6.08 Å². The number of hydrogen-bond donors (Lipinski definition) is 1. The lowest BCUT2D eigenvalue weighted by atomic mass is 10.2. The highest BCUT2D eigenvalue weighted by Crippen LogP contribution is 2.37. The highest BCUT2D eigenvalue weighted by molar-refractivity contribution is 8.27. The van der Waals surface area contributed by atoms with Gasteiger partial charge in [-0.2, -0.15) is 0 Å². The van der Waals surface area contributed by atoms with Gasteiger partial charge in [-0.25, -0.2) is 0 Å². The van der Waals surface area contributed by atoms with E-state index in [1.807, 2.05) is 6.07 Å². The fourth-order valence-corrected chi connectivity index (χ4v) is 3.98. The average Bonchev–Trinajstić information content (AvgIpc) is 2.95. The zero-order valence-electron chi connectivity index (χ0n) is 15.5. The molecule has 0 spiro atoms. The third-order valence-corrected chi connectivity index (χ3v) is 5.25. The minimum Gasteiger partial charge on any atom is -0.493 e. The van der Waals surface area contributed by atoms with Gasteiger partial charge in [0.1, 0.15) is 0 Å². The maximum absolute atomic E-state index is 12.9. The molecule has 28 heavy (non-hydrogen) atoms. The van der Waals surface area contributed by atoms with Crippen molar-refractivity contribution in [2.75, 3.05) is 24.4 Å². The van der Waals surface area contributed by atoms with E-state index in [2.05, 4.69) is 5.32 Å². The second kappa shape index (κ2) is 8.45. The van der Waals surface area contributed by atoms with E-state index in [4.69, 9.17) is 21.7 Å². The van der Waals surface area contributed by atoms with Gasteiger partial charge in [-0.1, -0.05) is 30.0 Å². The Labute approximate surface area is 172 Å². The quantitative estimate of drug-likeness (QED) is 0.588. The summed E-state index contributed by atoms with van der Waals surface area (Å²) >= 11 is 6.63. The van der Waals surface area contributed by atoms with E-state index in [0.717, 1.165) is 5.56 Å². The zero-order chi connectivity index (χ0) is 20.3. The number of thiocarbonyl (C=S) groups is 1. The van der Waals surface area contributed by atoms with Gasteiger partial charge < -0.3 is 14.8 Å². The topological polar surface area (TPSA) is 67.9 Å². The number of nitrogens with one attached hydrogen (secondary N) is 1. The van der Waals surface area contributed by atoms with Crippen LogP contribution in [-0.2, 0) is 9.59 Å². The molecule has 1 aliphatic rings. The number of carbonyl (C=O) groups excluding carboxylic acids is 2. The summed E-state index contributed by atoms with van der Waals surface area (Å²) in [5.74, 6) is 0.847. The number of carbonyl (C=O) groups is 2. The van der Waals surface area contributed by atoms with Crippen LogP contribution < -0.4 is 19.7 Å². The van der Waals surface area contributed by atoms with Crippen molar-refractivity contribution in [3.8, 4) is 11.5 Å². The van der Waals surface area contributed by atoms with Gasteiger partial charge in [0.05, 0.1) is 24.8 Å². The first-order valence-electron chi connectivity index (χ1n) is 8.30. The smallest absolute Gasteiger partial charge is 0.270 e. The first kappa shape index (κ1) is 19.9. The van der Waals surface area contributed by atoms with Crippen molar-refractivity contribution >= 4 is 57.6 Å². The molecule has 0 radical (unpaired) electrons. The molecule has 0 aromatic heterocycles. The van der Waals surface area contributed by atoms with E-state index >= 15 is 0 Å². The number of methoxy groups -OCH3 is 2. The minimum atomic E-state index is -0.197. The van der Waals surface area contributed by atoms with Crippen LogP contribution >= 0.6 is 24.0 Å². The summed E-state index contributed by atoms with van der Waals surface area (Å²) in [5, 5.41) is 2.69. The van der Waals surface area contributed by atoms with Gasteiger partial charge in [0.25, 0.3) is 5.91 Å². The molecule has 1 N–H and O–H groups in total. The third kappa shape index (κ3) is 4.18. The van der Waals surface area contributed by atoms with E-state index in [0.29, 0.717) is 32.1 Å². The van der Waals surface area contributed by atoms with Crippen LogP contribution in [0.15, 0.2) is 47.4 Å². The second-order valence-electron chi connectivity index (χ2n) is 5.86. The average molecular weight is 415 g/mol. The molecule has 6 nitrogen and oxygen atoms in total. The molecule has 1 aliphatic heterocycles. The van der Waals surface area contributed by atoms with Gasteiger partial charge in [0.2, 0.25) is 5.91 Å². The van der Waals surface area contributed by atoms with Gasteiger partial charge in [-0.05, 0) is 48.0 Å². The number of thioether (sulfide) groups is 1. The molecular weight excluding hydrogens is 396 g/mol. The summed E-state index contributed by atoms with van der Waals surface area (Å²) < 4.78 is 11.0. The van der Waals surface area contributed by atoms with Gasteiger partial charge in [0, 0.05) is 12.6 Å². The Kier molecular flexibility index (Phi) is 6.01. The van der Waals surface area contributed by atoms with Crippen LogP contribution in [0, 0.1) is 0 Å². The fraction of sp³-hybridized carbons (Fsp3) is 0.150. The van der Waals surface area contributed by atoms with E-state index in [1.165, 1.54) is 23.6 Å². The summed E-state index contributed by atoms with van der Waals surface area (Å²) in [5.41, 5.74) is 2.11. The SMILES string of the molecule is COc1ccc(/C=C2\SC(=S)N(c3ccc(NC(C)=O)cc3)C2=O)cc1OC. The Morgan fingerprint density at radius 2 is 1.79 bits per heavy atom. The Hall–Kier alpha value is -2.84. The van der Waals surface area contributed by atoms with Gasteiger partial charge in [0.15, 0.2) is 15.8 Å². The molecule has 8 heteroatoms. The van der Waals surface area contributed by atoms with Crippen LogP contribution in [0.1, 0.15) is 12.5 Å². The van der Waals surface area contributed by atoms with Gasteiger partial charge in [-0.15, -0.1) is 0 Å². The molecule has 0 bridgehead atoms. The number of benzene rings is 2. The molecule has 1 fully saturated rings. The number of nitrogens with zero attached hydrogens (tertiary/aromatic N) is 1. The summed E-state index contributed by atoms with van der Waals surface area (Å²) in [6.07, 6.45) is 1.77. The van der Waals surface area contributed by atoms with Crippen LogP contribution in [-0.4, -0.2) is 30.4 Å². The number of ether oxygens (including phenoxy) is 2. The molecule has 0 saturated carbocycles. The van der Waals surface area contributed by atoms with Crippen molar-refractivity contribution in [3.63, 3.8) is 0 Å². The number of hydrogen-bond acceptors (Lipinski definition) is 6. The molecule has 1 heterocycles. The van der Waals surface area contributed by atoms with Crippen molar-refractivity contribution in [1.82, 2.24) is 0 Å². The maximum Gasteiger partial charge on any atom is 0.270 e. The highest BCUT2D eigenvalue weighted by Gasteiger charge is 2.33. The maximum atomic E-state index is 12.9. The Morgan fingerprint density at radius 1 is 1.11 bits per heavy atom. The molecule has 0 atom stereocenters. The minimum absolute atomic E-state index is 0.156. The van der Waals surface area contributed by atoms with Crippen molar-refractivity contribution in [3.05, 3.63) is 52.9 Å². The molecule has 2 aromatic carbocycles. The summed E-state index contributed by atoms with van der Waals surface area (Å²) in [4.78, 5) is 26.0. The van der Waals surface area contributed by atoms with E-state index < -0.39 is 0 Å². The Bertz CT molecular complexity index is 971. The number of amides is 2. The van der Waals surface area contributed by atoms with Crippen LogP contribution in [0.2, 0.25) is 0 Å². The van der Waals surface area contributed by atoms with Crippen LogP contribution in [0.4, 0.5) is 11.4 Å². The van der Waals surface area contributed by atoms with Gasteiger partial charge >= 0.3 is 0 Å². The van der Waals surface area contributed by atoms with Gasteiger partial charge in [-0.3, -0.25) is 14.5 Å². The molecule has 144 valence electrons. The fourth-order valence-electron chi connectivity index (χ4n) is 2.68. The summed E-state index contributed by atoms with van der Waals surface area (Å²) in [6.45, 7) is 1.44. The molecule has 1 saturated heterocycles.